The normalized spacial score (nSPS) is 9.20. The van der Waals surface area contributed by atoms with Gasteiger partial charge in [0.25, 0.3) is 0 Å². The highest BCUT2D eigenvalue weighted by atomic mass is 32.1. The average molecular weight is 152 g/mol. The van der Waals surface area contributed by atoms with Crippen LogP contribution in [0, 0.1) is 0 Å². The second kappa shape index (κ2) is 3.32. The zero-order chi connectivity index (χ0) is 7.40. The van der Waals surface area contributed by atoms with Gasteiger partial charge in [0, 0.05) is 6.42 Å². The van der Waals surface area contributed by atoms with Crippen molar-refractivity contribution in [2.45, 2.75) is 6.42 Å². The van der Waals surface area contributed by atoms with Crippen LogP contribution in [0.1, 0.15) is 5.56 Å². The summed E-state index contributed by atoms with van der Waals surface area (Å²) in [6, 6.07) is 1.95. The van der Waals surface area contributed by atoms with Gasteiger partial charge in [-0.1, -0.05) is 6.58 Å². The van der Waals surface area contributed by atoms with Crippen LogP contribution in [-0.4, -0.2) is 5.78 Å². The van der Waals surface area contributed by atoms with Crippen LogP contribution < -0.4 is 0 Å². The predicted molar refractivity (Wildman–Crippen MR) is 43.2 cm³/mol. The molecule has 0 spiro atoms. The van der Waals surface area contributed by atoms with E-state index in [4.69, 9.17) is 0 Å². The molecule has 0 aliphatic rings. The van der Waals surface area contributed by atoms with Crippen LogP contribution in [0.25, 0.3) is 0 Å². The molecule has 0 N–H and O–H groups in total. The van der Waals surface area contributed by atoms with Crippen LogP contribution in [-0.2, 0) is 11.2 Å². The van der Waals surface area contributed by atoms with Gasteiger partial charge in [0.2, 0.25) is 0 Å². The molecule has 1 heterocycles. The largest absolute Gasteiger partial charge is 0.295 e. The summed E-state index contributed by atoms with van der Waals surface area (Å²) in [5.41, 5.74) is 1.08. The number of hydrogen-bond donors (Lipinski definition) is 0. The van der Waals surface area contributed by atoms with Crippen molar-refractivity contribution in [1.29, 1.82) is 0 Å². The van der Waals surface area contributed by atoms with Crippen molar-refractivity contribution in [3.8, 4) is 0 Å². The van der Waals surface area contributed by atoms with Crippen LogP contribution >= 0.6 is 11.3 Å². The smallest absolute Gasteiger partial charge is 0.159 e. The van der Waals surface area contributed by atoms with Gasteiger partial charge in [-0.25, -0.2) is 0 Å². The van der Waals surface area contributed by atoms with Gasteiger partial charge < -0.3 is 0 Å². The molecule has 1 rings (SSSR count). The second-order valence-electron chi connectivity index (χ2n) is 1.98. The Kier molecular flexibility index (Phi) is 2.40. The second-order valence-corrected chi connectivity index (χ2v) is 2.76. The number of carbonyl (C=O) groups excluding carboxylic acids is 1. The van der Waals surface area contributed by atoms with Gasteiger partial charge in [-0.15, -0.1) is 0 Å². The lowest BCUT2D eigenvalue weighted by Crippen LogP contribution is -1.95. The van der Waals surface area contributed by atoms with Crippen molar-refractivity contribution < 1.29 is 4.79 Å². The van der Waals surface area contributed by atoms with Crippen molar-refractivity contribution in [3.05, 3.63) is 35.0 Å². The van der Waals surface area contributed by atoms with E-state index >= 15 is 0 Å². The zero-order valence-electron chi connectivity index (χ0n) is 5.54. The molecule has 52 valence electrons. The monoisotopic (exact) mass is 152 g/mol. The minimum absolute atomic E-state index is 0.0819. The lowest BCUT2D eigenvalue weighted by molar-refractivity contribution is -0.114. The molecule has 0 saturated heterocycles. The number of ketones is 1. The topological polar surface area (TPSA) is 17.1 Å². The summed E-state index contributed by atoms with van der Waals surface area (Å²) < 4.78 is 0. The van der Waals surface area contributed by atoms with Crippen molar-refractivity contribution >= 4 is 17.1 Å². The standard InChI is InChI=1S/C8H8OS/c1-2-8(9)5-7-3-4-10-6-7/h2-4,6H,1,5H2. The fraction of sp³-hybridized carbons (Fsp3) is 0.125. The lowest BCUT2D eigenvalue weighted by Gasteiger charge is -1.88. The molecule has 1 aromatic rings. The first-order valence-electron chi connectivity index (χ1n) is 2.99. The molecular formula is C8H8OS. The first-order chi connectivity index (χ1) is 4.83. The van der Waals surface area contributed by atoms with Gasteiger partial charge in [-0.05, 0) is 28.5 Å². The maximum absolute atomic E-state index is 10.8. The molecule has 10 heavy (non-hydrogen) atoms. The molecular weight excluding hydrogens is 144 g/mol. The number of carbonyl (C=O) groups is 1. The van der Waals surface area contributed by atoms with Crippen molar-refractivity contribution in [1.82, 2.24) is 0 Å². The number of rotatable bonds is 3. The van der Waals surface area contributed by atoms with Crippen LogP contribution in [0.15, 0.2) is 29.5 Å². The maximum Gasteiger partial charge on any atom is 0.159 e. The number of allylic oxidation sites excluding steroid dienone is 1. The first-order valence-corrected chi connectivity index (χ1v) is 3.93. The first kappa shape index (κ1) is 7.22. The van der Waals surface area contributed by atoms with E-state index in [1.165, 1.54) is 6.08 Å². The molecule has 0 fully saturated rings. The lowest BCUT2D eigenvalue weighted by atomic mass is 10.2. The highest BCUT2D eigenvalue weighted by Crippen LogP contribution is 2.06. The summed E-state index contributed by atoms with van der Waals surface area (Å²) in [6.07, 6.45) is 1.85. The molecule has 1 aromatic heterocycles. The van der Waals surface area contributed by atoms with Gasteiger partial charge in [0.1, 0.15) is 0 Å². The third-order valence-corrected chi connectivity index (χ3v) is 1.92. The van der Waals surface area contributed by atoms with E-state index in [9.17, 15) is 4.79 Å². The van der Waals surface area contributed by atoms with Crippen molar-refractivity contribution in [3.63, 3.8) is 0 Å². The molecule has 0 bridgehead atoms. The van der Waals surface area contributed by atoms with Gasteiger partial charge in [0.15, 0.2) is 5.78 Å². The van der Waals surface area contributed by atoms with Crippen molar-refractivity contribution in [2.24, 2.45) is 0 Å². The Balaban J connectivity index is 2.56. The van der Waals surface area contributed by atoms with E-state index in [1.807, 2.05) is 16.8 Å². The highest BCUT2D eigenvalue weighted by molar-refractivity contribution is 7.07. The molecule has 0 aliphatic heterocycles. The quantitative estimate of drug-likeness (QED) is 0.606. The maximum atomic E-state index is 10.8. The van der Waals surface area contributed by atoms with E-state index in [2.05, 4.69) is 6.58 Å². The van der Waals surface area contributed by atoms with E-state index in [-0.39, 0.29) is 5.78 Å². The van der Waals surface area contributed by atoms with Gasteiger partial charge in [-0.3, -0.25) is 4.79 Å². The summed E-state index contributed by atoms with van der Waals surface area (Å²) in [5.74, 6) is 0.0819. The minimum Gasteiger partial charge on any atom is -0.295 e. The minimum atomic E-state index is 0.0819. The molecule has 0 saturated carbocycles. The molecule has 1 nitrogen and oxygen atoms in total. The predicted octanol–water partition coefficient (Wildman–Crippen LogP) is 2.05. The Labute approximate surface area is 64.0 Å². The van der Waals surface area contributed by atoms with Gasteiger partial charge in [0.05, 0.1) is 0 Å². The summed E-state index contributed by atoms with van der Waals surface area (Å²) in [7, 11) is 0. The Bertz CT molecular complexity index is 223. The molecule has 0 aromatic carbocycles. The average Bonchev–Trinajstić information content (AvgIpc) is 2.40. The van der Waals surface area contributed by atoms with E-state index < -0.39 is 0 Å². The fourth-order valence-corrected chi connectivity index (χ4v) is 1.34. The summed E-state index contributed by atoms with van der Waals surface area (Å²) >= 11 is 1.61. The van der Waals surface area contributed by atoms with E-state index in [1.54, 1.807) is 11.3 Å². The molecule has 0 amide bonds. The Morgan fingerprint density at radius 1 is 1.80 bits per heavy atom. The SMILES string of the molecule is C=CC(=O)Cc1ccsc1. The number of hydrogen-bond acceptors (Lipinski definition) is 2. The van der Waals surface area contributed by atoms with Gasteiger partial charge >= 0.3 is 0 Å². The van der Waals surface area contributed by atoms with Crippen LogP contribution in [0.4, 0.5) is 0 Å². The van der Waals surface area contributed by atoms with Crippen LogP contribution in [0.3, 0.4) is 0 Å². The molecule has 0 atom stereocenters. The van der Waals surface area contributed by atoms with E-state index in [0.29, 0.717) is 6.42 Å². The third-order valence-electron chi connectivity index (χ3n) is 1.19. The Morgan fingerprint density at radius 3 is 3.10 bits per heavy atom. The zero-order valence-corrected chi connectivity index (χ0v) is 6.36. The summed E-state index contributed by atoms with van der Waals surface area (Å²) in [6.45, 7) is 3.40. The van der Waals surface area contributed by atoms with E-state index in [0.717, 1.165) is 5.56 Å². The van der Waals surface area contributed by atoms with Gasteiger partial charge in [-0.2, -0.15) is 11.3 Å². The summed E-state index contributed by atoms with van der Waals surface area (Å²) in [4.78, 5) is 10.8. The fourth-order valence-electron chi connectivity index (χ4n) is 0.667. The third kappa shape index (κ3) is 1.81. The molecule has 0 unspecified atom stereocenters. The van der Waals surface area contributed by atoms with Crippen LogP contribution in [0.2, 0.25) is 0 Å². The molecule has 2 heteroatoms. The molecule has 0 aliphatic carbocycles. The summed E-state index contributed by atoms with van der Waals surface area (Å²) in [5, 5.41) is 3.94. The molecule has 0 radical (unpaired) electrons. The van der Waals surface area contributed by atoms with Crippen LogP contribution in [0.5, 0.6) is 0 Å². The Hall–Kier alpha value is -0.890. The number of thiophene rings is 1. The highest BCUT2D eigenvalue weighted by Gasteiger charge is 1.97. The van der Waals surface area contributed by atoms with Crippen molar-refractivity contribution in [2.75, 3.05) is 0 Å². The Morgan fingerprint density at radius 2 is 2.60 bits per heavy atom.